The summed E-state index contributed by atoms with van der Waals surface area (Å²) >= 11 is 3.35. The first kappa shape index (κ1) is 19.8. The Bertz CT molecular complexity index is 736. The highest BCUT2D eigenvalue weighted by molar-refractivity contribution is 9.10. The van der Waals surface area contributed by atoms with E-state index in [1.165, 1.54) is 4.90 Å². The highest BCUT2D eigenvalue weighted by atomic mass is 79.9. The molecule has 2 saturated heterocycles. The molecule has 2 aliphatic rings. The third kappa shape index (κ3) is 4.50. The third-order valence-electron chi connectivity index (χ3n) is 4.61. The molecule has 7 nitrogen and oxygen atoms in total. The minimum Gasteiger partial charge on any atom is -0.444 e. The Morgan fingerprint density at radius 1 is 1.07 bits per heavy atom. The SMILES string of the molecule is CC(C)(C)OC(=O)N1CCN([C@H]2CC(=O)N(c3ccc(Br)cc3)C2=O)CC1. The number of imide groups is 1. The fourth-order valence-corrected chi connectivity index (χ4v) is 3.57. The molecule has 0 aliphatic carbocycles. The molecule has 1 atom stereocenters. The van der Waals surface area contributed by atoms with Gasteiger partial charge in [-0.15, -0.1) is 0 Å². The highest BCUT2D eigenvalue weighted by Gasteiger charge is 2.43. The molecule has 146 valence electrons. The van der Waals surface area contributed by atoms with Gasteiger partial charge in [-0.1, -0.05) is 15.9 Å². The molecule has 0 N–H and O–H groups in total. The first-order chi connectivity index (χ1) is 12.7. The molecule has 3 rings (SSSR count). The van der Waals surface area contributed by atoms with Crippen molar-refractivity contribution in [2.45, 2.75) is 38.8 Å². The maximum Gasteiger partial charge on any atom is 0.410 e. The number of hydrogen-bond donors (Lipinski definition) is 0. The Morgan fingerprint density at radius 3 is 2.22 bits per heavy atom. The van der Waals surface area contributed by atoms with Crippen LogP contribution in [0.2, 0.25) is 0 Å². The van der Waals surface area contributed by atoms with Gasteiger partial charge in [0.15, 0.2) is 0 Å². The van der Waals surface area contributed by atoms with E-state index in [0.717, 1.165) is 4.47 Å². The fourth-order valence-electron chi connectivity index (χ4n) is 3.31. The lowest BCUT2D eigenvalue weighted by atomic mass is 10.1. The molecule has 27 heavy (non-hydrogen) atoms. The second-order valence-electron chi connectivity index (χ2n) is 7.77. The lowest BCUT2D eigenvalue weighted by molar-refractivity contribution is -0.123. The van der Waals surface area contributed by atoms with E-state index in [0.29, 0.717) is 31.9 Å². The van der Waals surface area contributed by atoms with Crippen LogP contribution in [-0.2, 0) is 14.3 Å². The third-order valence-corrected chi connectivity index (χ3v) is 5.14. The number of anilines is 1. The van der Waals surface area contributed by atoms with E-state index in [1.807, 2.05) is 37.8 Å². The smallest absolute Gasteiger partial charge is 0.410 e. The Morgan fingerprint density at radius 2 is 1.67 bits per heavy atom. The molecule has 1 aromatic carbocycles. The van der Waals surface area contributed by atoms with Crippen molar-refractivity contribution in [1.82, 2.24) is 9.80 Å². The van der Waals surface area contributed by atoms with Crippen LogP contribution in [0, 0.1) is 0 Å². The summed E-state index contributed by atoms with van der Waals surface area (Å²) in [4.78, 5) is 42.4. The van der Waals surface area contributed by atoms with Crippen LogP contribution in [-0.4, -0.2) is 65.5 Å². The van der Waals surface area contributed by atoms with Gasteiger partial charge in [-0.25, -0.2) is 9.69 Å². The van der Waals surface area contributed by atoms with Gasteiger partial charge < -0.3 is 9.64 Å². The minimum absolute atomic E-state index is 0.168. The lowest BCUT2D eigenvalue weighted by Gasteiger charge is -2.37. The second-order valence-corrected chi connectivity index (χ2v) is 8.68. The number of benzene rings is 1. The van der Waals surface area contributed by atoms with Crippen LogP contribution >= 0.6 is 15.9 Å². The first-order valence-corrected chi connectivity index (χ1v) is 9.79. The standard InChI is InChI=1S/C19H24BrN3O4/c1-19(2,3)27-18(26)22-10-8-21(9-11-22)15-12-16(24)23(17(15)25)14-6-4-13(20)5-7-14/h4-7,15H,8-12H2,1-3H3/t15-/m0/s1. The van der Waals surface area contributed by atoms with E-state index >= 15 is 0 Å². The van der Waals surface area contributed by atoms with Gasteiger partial charge >= 0.3 is 6.09 Å². The average Bonchev–Trinajstić information content (AvgIpc) is 2.89. The van der Waals surface area contributed by atoms with Crippen LogP contribution in [0.15, 0.2) is 28.7 Å². The van der Waals surface area contributed by atoms with Crippen LogP contribution in [0.25, 0.3) is 0 Å². The highest BCUT2D eigenvalue weighted by Crippen LogP contribution is 2.27. The predicted molar refractivity (Wildman–Crippen MR) is 104 cm³/mol. The number of carbonyl (C=O) groups excluding carboxylic acids is 3. The average molecular weight is 438 g/mol. The lowest BCUT2D eigenvalue weighted by Crippen LogP contribution is -2.54. The maximum atomic E-state index is 12.9. The van der Waals surface area contributed by atoms with Crippen molar-refractivity contribution in [1.29, 1.82) is 0 Å². The summed E-state index contributed by atoms with van der Waals surface area (Å²) in [5.41, 5.74) is 0.0517. The molecule has 0 aromatic heterocycles. The van der Waals surface area contributed by atoms with Crippen LogP contribution in [0.4, 0.5) is 10.5 Å². The summed E-state index contributed by atoms with van der Waals surface area (Å²) in [6.07, 6.45) is -0.172. The van der Waals surface area contributed by atoms with Crippen LogP contribution < -0.4 is 4.90 Å². The molecule has 0 bridgehead atoms. The number of hydrogen-bond acceptors (Lipinski definition) is 5. The summed E-state index contributed by atoms with van der Waals surface area (Å²) in [5, 5.41) is 0. The largest absolute Gasteiger partial charge is 0.444 e. The van der Waals surface area contributed by atoms with Crippen molar-refractivity contribution >= 4 is 39.5 Å². The zero-order valence-electron chi connectivity index (χ0n) is 15.8. The maximum absolute atomic E-state index is 12.9. The van der Waals surface area contributed by atoms with Crippen LogP contribution in [0.3, 0.4) is 0 Å². The molecule has 2 fully saturated rings. The van der Waals surface area contributed by atoms with E-state index in [1.54, 1.807) is 17.0 Å². The van der Waals surface area contributed by atoms with E-state index < -0.39 is 11.6 Å². The number of rotatable bonds is 2. The quantitative estimate of drug-likeness (QED) is 0.665. The van der Waals surface area contributed by atoms with Gasteiger partial charge in [0.25, 0.3) is 5.91 Å². The molecule has 3 amide bonds. The molecule has 2 heterocycles. The van der Waals surface area contributed by atoms with Crippen molar-refractivity contribution in [2.24, 2.45) is 0 Å². The Balaban J connectivity index is 1.62. The summed E-state index contributed by atoms with van der Waals surface area (Å²) in [5.74, 6) is -0.394. The summed E-state index contributed by atoms with van der Waals surface area (Å²) in [7, 11) is 0. The number of piperazine rings is 1. The van der Waals surface area contributed by atoms with E-state index in [-0.39, 0.29) is 24.3 Å². The zero-order chi connectivity index (χ0) is 19.8. The molecule has 1 aromatic rings. The predicted octanol–water partition coefficient (Wildman–Crippen LogP) is 2.63. The van der Waals surface area contributed by atoms with Crippen LogP contribution in [0.1, 0.15) is 27.2 Å². The minimum atomic E-state index is -0.534. The van der Waals surface area contributed by atoms with Crippen LogP contribution in [0.5, 0.6) is 0 Å². The fraction of sp³-hybridized carbons (Fsp3) is 0.526. The Kier molecular flexibility index (Phi) is 5.58. The van der Waals surface area contributed by atoms with E-state index in [9.17, 15) is 14.4 Å². The second kappa shape index (κ2) is 7.59. The number of nitrogens with zero attached hydrogens (tertiary/aromatic N) is 3. The Hall–Kier alpha value is -1.93. The number of amides is 3. The van der Waals surface area contributed by atoms with Crippen molar-refractivity contribution in [3.8, 4) is 0 Å². The van der Waals surface area contributed by atoms with Gasteiger partial charge in [-0.2, -0.15) is 0 Å². The van der Waals surface area contributed by atoms with Gasteiger partial charge in [0.05, 0.1) is 18.2 Å². The molecule has 0 saturated carbocycles. The summed E-state index contributed by atoms with van der Waals surface area (Å²) in [6, 6.07) is 6.65. The topological polar surface area (TPSA) is 70.2 Å². The van der Waals surface area contributed by atoms with Gasteiger partial charge in [-0.05, 0) is 45.0 Å². The number of halogens is 1. The monoisotopic (exact) mass is 437 g/mol. The van der Waals surface area contributed by atoms with Gasteiger partial charge in [0.2, 0.25) is 5.91 Å². The first-order valence-electron chi connectivity index (χ1n) is 9.00. The van der Waals surface area contributed by atoms with Crippen molar-refractivity contribution in [2.75, 3.05) is 31.1 Å². The molecule has 2 aliphatic heterocycles. The molecular formula is C19H24BrN3O4. The molecular weight excluding hydrogens is 414 g/mol. The van der Waals surface area contributed by atoms with Crippen molar-refractivity contribution < 1.29 is 19.1 Å². The van der Waals surface area contributed by atoms with Gasteiger partial charge in [0.1, 0.15) is 5.60 Å². The summed E-state index contributed by atoms with van der Waals surface area (Å²) < 4.78 is 6.29. The van der Waals surface area contributed by atoms with Gasteiger partial charge in [0, 0.05) is 30.7 Å². The number of carbonyl (C=O) groups is 3. The van der Waals surface area contributed by atoms with Crippen molar-refractivity contribution in [3.63, 3.8) is 0 Å². The number of ether oxygens (including phenoxy) is 1. The Labute approximate surface area is 167 Å². The van der Waals surface area contributed by atoms with E-state index in [2.05, 4.69) is 15.9 Å². The molecule has 0 spiro atoms. The normalized spacial score (nSPS) is 21.7. The van der Waals surface area contributed by atoms with Crippen molar-refractivity contribution in [3.05, 3.63) is 28.7 Å². The molecule has 8 heteroatoms. The summed E-state index contributed by atoms with van der Waals surface area (Å²) in [6.45, 7) is 7.53. The molecule has 0 unspecified atom stereocenters. The van der Waals surface area contributed by atoms with Gasteiger partial charge in [-0.3, -0.25) is 14.5 Å². The van der Waals surface area contributed by atoms with E-state index in [4.69, 9.17) is 4.74 Å². The molecule has 0 radical (unpaired) electrons. The zero-order valence-corrected chi connectivity index (χ0v) is 17.4.